The maximum Gasteiger partial charge on any atom is 0.251 e. The van der Waals surface area contributed by atoms with E-state index >= 15 is 0 Å². The first kappa shape index (κ1) is 17.2. The van der Waals surface area contributed by atoms with E-state index in [9.17, 15) is 8.42 Å². The first-order valence-corrected chi connectivity index (χ1v) is 9.38. The Labute approximate surface area is 145 Å². The highest BCUT2D eigenvalue weighted by molar-refractivity contribution is 7.90. The molecule has 25 heavy (non-hydrogen) atoms. The zero-order chi connectivity index (χ0) is 18.0. The third kappa shape index (κ3) is 3.41. The van der Waals surface area contributed by atoms with Crippen LogP contribution in [0, 0.1) is 0 Å². The van der Waals surface area contributed by atoms with Crippen LogP contribution < -0.4 is 10.1 Å². The molecule has 0 saturated carbocycles. The van der Waals surface area contributed by atoms with E-state index < -0.39 is 9.84 Å². The number of anilines is 1. The number of hydrogen-bond donors (Lipinski definition) is 1. The number of nitrogens with zero attached hydrogens (tertiary/aromatic N) is 4. The second kappa shape index (κ2) is 6.67. The molecule has 0 radical (unpaired) electrons. The smallest absolute Gasteiger partial charge is 0.251 e. The Kier molecular flexibility index (Phi) is 4.58. The predicted molar refractivity (Wildman–Crippen MR) is 94.4 cm³/mol. The van der Waals surface area contributed by atoms with E-state index in [-0.39, 0.29) is 10.9 Å². The lowest BCUT2D eigenvalue weighted by molar-refractivity contribution is 0.414. The number of methoxy groups -OCH3 is 1. The van der Waals surface area contributed by atoms with Gasteiger partial charge in [0.15, 0.2) is 17.0 Å². The average Bonchev–Trinajstić information content (AvgIpc) is 2.97. The number of hydrogen-bond acceptors (Lipinski definition) is 7. The summed E-state index contributed by atoms with van der Waals surface area (Å²) >= 11 is 0. The number of nitrogens with one attached hydrogen (secondary N) is 1. The van der Waals surface area contributed by atoms with Gasteiger partial charge in [-0.15, -0.1) is 0 Å². The molecule has 0 unspecified atom stereocenters. The summed E-state index contributed by atoms with van der Waals surface area (Å²) in [5, 5.41) is 2.83. The van der Waals surface area contributed by atoms with Crippen LogP contribution in [0.15, 0.2) is 35.7 Å². The second-order valence-electron chi connectivity index (χ2n) is 5.52. The number of sulfone groups is 1. The van der Waals surface area contributed by atoms with Crippen LogP contribution in [0.4, 0.5) is 5.82 Å². The van der Waals surface area contributed by atoms with E-state index in [1.807, 2.05) is 6.92 Å². The molecule has 1 aromatic carbocycles. The van der Waals surface area contributed by atoms with E-state index in [2.05, 4.69) is 20.3 Å². The van der Waals surface area contributed by atoms with Crippen molar-refractivity contribution < 1.29 is 13.2 Å². The molecule has 2 aromatic heterocycles. The van der Waals surface area contributed by atoms with E-state index in [0.717, 1.165) is 0 Å². The van der Waals surface area contributed by atoms with Crippen LogP contribution in [0.5, 0.6) is 5.75 Å². The Hall–Kier alpha value is -2.68. The quantitative estimate of drug-likeness (QED) is 0.668. The van der Waals surface area contributed by atoms with Gasteiger partial charge >= 0.3 is 0 Å². The van der Waals surface area contributed by atoms with Gasteiger partial charge < -0.3 is 14.6 Å². The van der Waals surface area contributed by atoms with Gasteiger partial charge in [0.2, 0.25) is 9.84 Å². The molecule has 0 amide bonds. The first-order valence-electron chi connectivity index (χ1n) is 7.73. The van der Waals surface area contributed by atoms with Gasteiger partial charge in [-0.1, -0.05) is 12.1 Å². The zero-order valence-corrected chi connectivity index (χ0v) is 15.0. The summed E-state index contributed by atoms with van der Waals surface area (Å²) in [5.41, 5.74) is 1.66. The summed E-state index contributed by atoms with van der Waals surface area (Å²) in [4.78, 5) is 12.6. The van der Waals surface area contributed by atoms with Crippen LogP contribution in [0.1, 0.15) is 12.5 Å². The highest BCUT2D eigenvalue weighted by Crippen LogP contribution is 2.22. The molecular formula is C16H19N5O3S. The van der Waals surface area contributed by atoms with Gasteiger partial charge in [-0.25, -0.2) is 13.4 Å². The molecule has 0 atom stereocenters. The van der Waals surface area contributed by atoms with Crippen LogP contribution in [0.2, 0.25) is 0 Å². The Bertz CT molecular complexity index is 997. The summed E-state index contributed by atoms with van der Waals surface area (Å²) < 4.78 is 32.3. The fraction of sp³-hybridized carbons (Fsp3) is 0.312. The van der Waals surface area contributed by atoms with Crippen molar-refractivity contribution in [3.63, 3.8) is 0 Å². The third-order valence-corrected chi connectivity index (χ3v) is 5.13. The maximum atomic E-state index is 12.8. The topological polar surface area (TPSA) is 99.0 Å². The van der Waals surface area contributed by atoms with Gasteiger partial charge in [0.25, 0.3) is 5.16 Å². The van der Waals surface area contributed by atoms with Gasteiger partial charge in [0.1, 0.15) is 5.75 Å². The molecule has 0 spiro atoms. The zero-order valence-electron chi connectivity index (χ0n) is 14.2. The maximum absolute atomic E-state index is 12.8. The van der Waals surface area contributed by atoms with Crippen molar-refractivity contribution in [2.45, 2.75) is 17.8 Å². The summed E-state index contributed by atoms with van der Waals surface area (Å²) in [6, 6.07) is 6.87. The molecule has 2 heterocycles. The minimum absolute atomic E-state index is 0.189. The van der Waals surface area contributed by atoms with Gasteiger partial charge in [0.05, 0.1) is 19.2 Å². The second-order valence-corrected chi connectivity index (χ2v) is 7.40. The molecule has 8 nitrogen and oxygen atoms in total. The molecule has 0 aliphatic carbocycles. The highest BCUT2D eigenvalue weighted by atomic mass is 32.2. The SMILES string of the molecule is CCNc1nc(S(=O)(=O)Cc2ccc(OC)cc2)nc2c1ncn2C. The monoisotopic (exact) mass is 361 g/mol. The number of fused-ring (bicyclic) bond motifs is 1. The molecule has 132 valence electrons. The van der Waals surface area contributed by atoms with E-state index in [4.69, 9.17) is 4.74 Å². The van der Waals surface area contributed by atoms with E-state index in [1.165, 1.54) is 0 Å². The normalized spacial score (nSPS) is 11.6. The van der Waals surface area contributed by atoms with Crippen molar-refractivity contribution in [2.75, 3.05) is 19.0 Å². The molecular weight excluding hydrogens is 342 g/mol. The summed E-state index contributed by atoms with van der Waals surface area (Å²) in [7, 11) is -0.382. The van der Waals surface area contributed by atoms with Crippen LogP contribution in [0.25, 0.3) is 11.2 Å². The number of ether oxygens (including phenoxy) is 1. The third-order valence-electron chi connectivity index (χ3n) is 3.68. The van der Waals surface area contributed by atoms with Crippen molar-refractivity contribution in [1.82, 2.24) is 19.5 Å². The number of rotatable bonds is 6. The summed E-state index contributed by atoms with van der Waals surface area (Å²) in [5.74, 6) is 0.899. The molecule has 0 bridgehead atoms. The molecule has 1 N–H and O–H groups in total. The molecule has 0 fully saturated rings. The van der Waals surface area contributed by atoms with Crippen molar-refractivity contribution in [3.8, 4) is 5.75 Å². The molecule has 0 aliphatic rings. The highest BCUT2D eigenvalue weighted by Gasteiger charge is 2.23. The fourth-order valence-electron chi connectivity index (χ4n) is 2.42. The van der Waals surface area contributed by atoms with Crippen LogP contribution in [-0.2, 0) is 22.6 Å². The van der Waals surface area contributed by atoms with E-state index in [0.29, 0.717) is 34.8 Å². The number of aromatic nitrogens is 4. The summed E-state index contributed by atoms with van der Waals surface area (Å²) in [6.45, 7) is 2.50. The Balaban J connectivity index is 2.02. The molecule has 0 saturated heterocycles. The number of benzene rings is 1. The molecule has 3 rings (SSSR count). The largest absolute Gasteiger partial charge is 0.497 e. The number of imidazole rings is 1. The fourth-order valence-corrected chi connectivity index (χ4v) is 3.64. The van der Waals surface area contributed by atoms with Crippen LogP contribution in [0.3, 0.4) is 0 Å². The van der Waals surface area contributed by atoms with Crippen molar-refractivity contribution >= 4 is 26.8 Å². The summed E-state index contributed by atoms with van der Waals surface area (Å²) in [6.07, 6.45) is 1.58. The van der Waals surface area contributed by atoms with Crippen molar-refractivity contribution in [1.29, 1.82) is 0 Å². The van der Waals surface area contributed by atoms with Gasteiger partial charge in [0, 0.05) is 13.6 Å². The predicted octanol–water partition coefficient (Wildman–Crippen LogP) is 1.78. The lowest BCUT2D eigenvalue weighted by Crippen LogP contribution is -2.12. The van der Waals surface area contributed by atoms with Crippen molar-refractivity contribution in [2.24, 2.45) is 7.05 Å². The standard InChI is InChI=1S/C16H19N5O3S/c1-4-17-14-13-15(21(2)10-18-13)20-16(19-14)25(22,23)9-11-5-7-12(24-3)8-6-11/h5-8,10H,4,9H2,1-3H3,(H,17,19,20). The molecule has 3 aromatic rings. The van der Waals surface area contributed by atoms with E-state index in [1.54, 1.807) is 49.3 Å². The lowest BCUT2D eigenvalue weighted by atomic mass is 10.2. The van der Waals surface area contributed by atoms with Gasteiger partial charge in [-0.2, -0.15) is 9.97 Å². The molecule has 9 heteroatoms. The Morgan fingerprint density at radius 2 is 1.92 bits per heavy atom. The minimum atomic E-state index is -3.70. The minimum Gasteiger partial charge on any atom is -0.497 e. The van der Waals surface area contributed by atoms with Gasteiger partial charge in [-0.05, 0) is 24.6 Å². The average molecular weight is 361 g/mol. The Morgan fingerprint density at radius 3 is 2.56 bits per heavy atom. The lowest BCUT2D eigenvalue weighted by Gasteiger charge is -2.08. The van der Waals surface area contributed by atoms with Gasteiger partial charge in [-0.3, -0.25) is 0 Å². The van der Waals surface area contributed by atoms with Crippen molar-refractivity contribution in [3.05, 3.63) is 36.2 Å². The van der Waals surface area contributed by atoms with Crippen LogP contribution >= 0.6 is 0 Å². The number of aryl methyl sites for hydroxylation is 1. The molecule has 0 aliphatic heterocycles. The van der Waals surface area contributed by atoms with Crippen LogP contribution in [-0.4, -0.2) is 41.6 Å². The first-order chi connectivity index (χ1) is 11.9. The Morgan fingerprint density at radius 1 is 1.20 bits per heavy atom.